The zero-order valence-corrected chi connectivity index (χ0v) is 17.8. The van der Waals surface area contributed by atoms with Gasteiger partial charge in [0, 0.05) is 24.0 Å². The van der Waals surface area contributed by atoms with Crippen LogP contribution in [-0.2, 0) is 21.2 Å². The molecule has 0 aliphatic carbocycles. The van der Waals surface area contributed by atoms with E-state index >= 15 is 0 Å². The Morgan fingerprint density at radius 2 is 1.90 bits per heavy atom. The predicted molar refractivity (Wildman–Crippen MR) is 115 cm³/mol. The normalized spacial score (nSPS) is 17.7. The molecule has 1 aliphatic rings. The Labute approximate surface area is 179 Å². The van der Waals surface area contributed by atoms with E-state index in [1.807, 2.05) is 47.0 Å². The smallest absolute Gasteiger partial charge is 0.230 e. The van der Waals surface area contributed by atoms with E-state index in [-0.39, 0.29) is 29.2 Å². The van der Waals surface area contributed by atoms with Gasteiger partial charge < -0.3 is 5.32 Å². The summed E-state index contributed by atoms with van der Waals surface area (Å²) in [5.41, 5.74) is 1.98. The molecule has 0 unspecified atom stereocenters. The molecule has 1 aliphatic heterocycles. The van der Waals surface area contributed by atoms with Crippen molar-refractivity contribution < 1.29 is 13.2 Å². The molecule has 0 radical (unpaired) electrons. The molecule has 8 nitrogen and oxygen atoms in total. The molecule has 4 rings (SSSR count). The minimum atomic E-state index is -3.03. The molecule has 1 aromatic carbocycles. The molecule has 156 valence electrons. The Morgan fingerprint density at radius 3 is 2.60 bits per heavy atom. The van der Waals surface area contributed by atoms with E-state index in [9.17, 15) is 13.2 Å². The monoisotopic (exact) mass is 443 g/mol. The lowest BCUT2D eigenvalue weighted by molar-refractivity contribution is -0.119. The van der Waals surface area contributed by atoms with E-state index in [0.29, 0.717) is 23.9 Å². The topological polar surface area (TPSA) is 107 Å². The van der Waals surface area contributed by atoms with Crippen molar-refractivity contribution >= 4 is 27.5 Å². The Bertz CT molecular complexity index is 1120. The molecule has 1 fully saturated rings. The minimum Gasteiger partial charge on any atom is -0.352 e. The third-order valence-corrected chi connectivity index (χ3v) is 7.50. The van der Waals surface area contributed by atoms with Crippen molar-refractivity contribution in [2.45, 2.75) is 24.2 Å². The zero-order valence-electron chi connectivity index (χ0n) is 16.1. The molecular formula is C20H21N5O3S2. The minimum absolute atomic E-state index is 0.0137. The number of hydrogen-bond donors (Lipinski definition) is 1. The fraction of sp³-hybridized carbons (Fsp3) is 0.300. The zero-order chi connectivity index (χ0) is 21.0. The lowest BCUT2D eigenvalue weighted by atomic mass is 10.2. The fourth-order valence-electron chi connectivity index (χ4n) is 3.33. The van der Waals surface area contributed by atoms with Gasteiger partial charge in [-0.05, 0) is 24.1 Å². The van der Waals surface area contributed by atoms with Gasteiger partial charge >= 0.3 is 0 Å². The van der Waals surface area contributed by atoms with Gasteiger partial charge in [0.2, 0.25) is 5.91 Å². The van der Waals surface area contributed by atoms with Crippen molar-refractivity contribution in [3.63, 3.8) is 0 Å². The number of carbonyl (C=O) groups is 1. The third-order valence-electron chi connectivity index (χ3n) is 4.77. The highest BCUT2D eigenvalue weighted by molar-refractivity contribution is 7.99. The van der Waals surface area contributed by atoms with E-state index in [1.54, 1.807) is 12.4 Å². The number of sulfone groups is 1. The van der Waals surface area contributed by atoms with Crippen LogP contribution in [0.15, 0.2) is 60.0 Å². The summed E-state index contributed by atoms with van der Waals surface area (Å²) in [6.45, 7) is 0.566. The number of nitrogens with one attached hydrogen (secondary N) is 1. The Kier molecular flexibility index (Phi) is 6.14. The number of nitrogens with zero attached hydrogens (tertiary/aromatic N) is 4. The number of thioether (sulfide) groups is 1. The molecule has 30 heavy (non-hydrogen) atoms. The quantitative estimate of drug-likeness (QED) is 0.555. The maximum absolute atomic E-state index is 12.3. The van der Waals surface area contributed by atoms with Crippen LogP contribution in [0.5, 0.6) is 0 Å². The number of hydrogen-bond acceptors (Lipinski definition) is 7. The van der Waals surface area contributed by atoms with Crippen LogP contribution in [-0.4, -0.2) is 57.4 Å². The van der Waals surface area contributed by atoms with Crippen molar-refractivity contribution in [3.8, 4) is 11.4 Å². The summed E-state index contributed by atoms with van der Waals surface area (Å²) in [4.78, 5) is 16.4. The summed E-state index contributed by atoms with van der Waals surface area (Å²) in [5, 5.41) is 12.1. The molecule has 3 heterocycles. The molecular weight excluding hydrogens is 422 g/mol. The highest BCUT2D eigenvalue weighted by Gasteiger charge is 2.29. The first-order valence-corrected chi connectivity index (χ1v) is 12.3. The van der Waals surface area contributed by atoms with E-state index in [1.165, 1.54) is 11.8 Å². The van der Waals surface area contributed by atoms with Crippen molar-refractivity contribution in [2.24, 2.45) is 0 Å². The van der Waals surface area contributed by atoms with E-state index in [4.69, 9.17) is 0 Å². The Hall–Kier alpha value is -2.72. The first kappa shape index (κ1) is 20.5. The summed E-state index contributed by atoms with van der Waals surface area (Å²) >= 11 is 1.29. The standard InChI is InChI=1S/C20H21N5O3S2/c26-18(22-17-8-11-30(27,28)14-17)13-29-20-24-23-19(16-6-9-21-10-7-16)25(20)12-15-4-2-1-3-5-15/h1-7,9-10,17H,8,11-14H2,(H,22,26)/t17-/m1/s1. The van der Waals surface area contributed by atoms with Crippen LogP contribution in [0.1, 0.15) is 12.0 Å². The lowest BCUT2D eigenvalue weighted by Crippen LogP contribution is -2.36. The molecule has 1 N–H and O–H groups in total. The average Bonchev–Trinajstić information content (AvgIpc) is 3.30. The van der Waals surface area contributed by atoms with E-state index in [2.05, 4.69) is 20.5 Å². The largest absolute Gasteiger partial charge is 0.352 e. The number of rotatable bonds is 7. The van der Waals surface area contributed by atoms with Gasteiger partial charge in [-0.2, -0.15) is 0 Å². The van der Waals surface area contributed by atoms with Crippen LogP contribution in [0.3, 0.4) is 0 Å². The third kappa shape index (κ3) is 5.06. The van der Waals surface area contributed by atoms with Crippen LogP contribution >= 0.6 is 11.8 Å². The van der Waals surface area contributed by atoms with Gasteiger partial charge in [-0.15, -0.1) is 10.2 Å². The second-order valence-corrected chi connectivity index (χ2v) is 10.2. The molecule has 2 aromatic heterocycles. The summed E-state index contributed by atoms with van der Waals surface area (Å²) in [6.07, 6.45) is 3.87. The molecule has 0 saturated carbocycles. The first-order chi connectivity index (χ1) is 14.5. The van der Waals surface area contributed by atoms with Crippen molar-refractivity contribution in [1.82, 2.24) is 25.1 Å². The number of amides is 1. The van der Waals surface area contributed by atoms with Crippen molar-refractivity contribution in [1.29, 1.82) is 0 Å². The highest BCUT2D eigenvalue weighted by Crippen LogP contribution is 2.25. The number of aromatic nitrogens is 4. The SMILES string of the molecule is O=C(CSc1nnc(-c2ccncc2)n1Cc1ccccc1)N[C@@H]1CCS(=O)(=O)C1. The maximum atomic E-state index is 12.3. The summed E-state index contributed by atoms with van der Waals surface area (Å²) in [7, 11) is -3.03. The van der Waals surface area contributed by atoms with Crippen LogP contribution < -0.4 is 5.32 Å². The highest BCUT2D eigenvalue weighted by atomic mass is 32.2. The lowest BCUT2D eigenvalue weighted by Gasteiger charge is -2.12. The van der Waals surface area contributed by atoms with Gasteiger partial charge in [-0.1, -0.05) is 42.1 Å². The van der Waals surface area contributed by atoms with Crippen LogP contribution in [0, 0.1) is 0 Å². The van der Waals surface area contributed by atoms with Gasteiger partial charge in [-0.3, -0.25) is 14.3 Å². The second-order valence-electron chi connectivity index (χ2n) is 7.07. The summed E-state index contributed by atoms with van der Waals surface area (Å²) < 4.78 is 25.1. The van der Waals surface area contributed by atoms with E-state index < -0.39 is 9.84 Å². The number of benzene rings is 1. The van der Waals surface area contributed by atoms with Gasteiger partial charge in [-0.25, -0.2) is 8.42 Å². The molecule has 1 atom stereocenters. The fourth-order valence-corrected chi connectivity index (χ4v) is 5.75. The van der Waals surface area contributed by atoms with E-state index in [0.717, 1.165) is 11.1 Å². The van der Waals surface area contributed by atoms with Crippen LogP contribution in [0.4, 0.5) is 0 Å². The van der Waals surface area contributed by atoms with Gasteiger partial charge in [0.1, 0.15) is 0 Å². The average molecular weight is 444 g/mol. The van der Waals surface area contributed by atoms with Crippen molar-refractivity contribution in [3.05, 3.63) is 60.4 Å². The molecule has 0 bridgehead atoms. The Morgan fingerprint density at radius 1 is 1.13 bits per heavy atom. The van der Waals surface area contributed by atoms with Gasteiger partial charge in [0.15, 0.2) is 20.8 Å². The van der Waals surface area contributed by atoms with Gasteiger partial charge in [0.25, 0.3) is 0 Å². The molecule has 0 spiro atoms. The summed E-state index contributed by atoms with van der Waals surface area (Å²) in [5.74, 6) is 0.777. The molecule has 3 aromatic rings. The number of carbonyl (C=O) groups excluding carboxylic acids is 1. The van der Waals surface area contributed by atoms with Crippen molar-refractivity contribution in [2.75, 3.05) is 17.3 Å². The van der Waals surface area contributed by atoms with Crippen LogP contribution in [0.2, 0.25) is 0 Å². The predicted octanol–water partition coefficient (Wildman–Crippen LogP) is 1.78. The maximum Gasteiger partial charge on any atom is 0.230 e. The van der Waals surface area contributed by atoms with Gasteiger partial charge in [0.05, 0.1) is 23.8 Å². The van der Waals surface area contributed by atoms with Crippen LogP contribution in [0.25, 0.3) is 11.4 Å². The molecule has 1 saturated heterocycles. The first-order valence-electron chi connectivity index (χ1n) is 9.50. The number of pyridine rings is 1. The second kappa shape index (κ2) is 8.97. The molecule has 1 amide bonds. The summed E-state index contributed by atoms with van der Waals surface area (Å²) in [6, 6.07) is 13.4. The molecule has 10 heteroatoms. The Balaban J connectivity index is 1.49.